The SMILES string of the molecule is CCCN(Cc1noc(C(C)C)n1)C1CCNCC1. The van der Waals surface area contributed by atoms with Gasteiger partial charge in [-0.1, -0.05) is 25.9 Å². The van der Waals surface area contributed by atoms with E-state index in [-0.39, 0.29) is 0 Å². The van der Waals surface area contributed by atoms with Crippen LogP contribution in [0, 0.1) is 0 Å². The molecule has 0 aromatic carbocycles. The number of aromatic nitrogens is 2. The smallest absolute Gasteiger partial charge is 0.229 e. The van der Waals surface area contributed by atoms with Gasteiger partial charge in [-0.15, -0.1) is 0 Å². The van der Waals surface area contributed by atoms with E-state index >= 15 is 0 Å². The van der Waals surface area contributed by atoms with E-state index in [0.717, 1.165) is 37.9 Å². The monoisotopic (exact) mass is 266 g/mol. The number of nitrogens with zero attached hydrogens (tertiary/aromatic N) is 3. The van der Waals surface area contributed by atoms with Crippen molar-refractivity contribution in [2.75, 3.05) is 19.6 Å². The Morgan fingerprint density at radius 3 is 2.68 bits per heavy atom. The molecule has 2 rings (SSSR count). The zero-order valence-electron chi connectivity index (χ0n) is 12.4. The van der Waals surface area contributed by atoms with Gasteiger partial charge >= 0.3 is 0 Å². The van der Waals surface area contributed by atoms with Crippen molar-refractivity contribution >= 4 is 0 Å². The van der Waals surface area contributed by atoms with E-state index in [2.05, 4.69) is 41.1 Å². The van der Waals surface area contributed by atoms with Crippen molar-refractivity contribution in [2.24, 2.45) is 0 Å². The van der Waals surface area contributed by atoms with Gasteiger partial charge in [-0.05, 0) is 38.9 Å². The fraction of sp³-hybridized carbons (Fsp3) is 0.857. The molecule has 2 heterocycles. The van der Waals surface area contributed by atoms with Gasteiger partial charge in [-0.25, -0.2) is 0 Å². The first-order valence-corrected chi connectivity index (χ1v) is 7.48. The molecule has 1 N–H and O–H groups in total. The summed E-state index contributed by atoms with van der Waals surface area (Å²) >= 11 is 0. The minimum absolute atomic E-state index is 0.305. The van der Waals surface area contributed by atoms with E-state index in [4.69, 9.17) is 4.52 Å². The summed E-state index contributed by atoms with van der Waals surface area (Å²) in [6, 6.07) is 0.655. The van der Waals surface area contributed by atoms with Crippen molar-refractivity contribution in [3.63, 3.8) is 0 Å². The van der Waals surface area contributed by atoms with Gasteiger partial charge in [-0.3, -0.25) is 4.90 Å². The van der Waals surface area contributed by atoms with Gasteiger partial charge in [0.2, 0.25) is 5.89 Å². The number of hydrogen-bond acceptors (Lipinski definition) is 5. The zero-order chi connectivity index (χ0) is 13.7. The van der Waals surface area contributed by atoms with E-state index in [1.165, 1.54) is 19.3 Å². The highest BCUT2D eigenvalue weighted by Crippen LogP contribution is 2.16. The summed E-state index contributed by atoms with van der Waals surface area (Å²) in [5.74, 6) is 1.88. The van der Waals surface area contributed by atoms with Crippen molar-refractivity contribution < 1.29 is 4.52 Å². The summed E-state index contributed by atoms with van der Waals surface area (Å²) in [4.78, 5) is 7.00. The summed E-state index contributed by atoms with van der Waals surface area (Å²) in [6.07, 6.45) is 3.60. The molecule has 1 saturated heterocycles. The third-order valence-corrected chi connectivity index (χ3v) is 3.66. The van der Waals surface area contributed by atoms with E-state index < -0.39 is 0 Å². The quantitative estimate of drug-likeness (QED) is 0.855. The van der Waals surface area contributed by atoms with Crippen LogP contribution in [0.2, 0.25) is 0 Å². The van der Waals surface area contributed by atoms with Gasteiger partial charge < -0.3 is 9.84 Å². The third kappa shape index (κ3) is 4.01. The molecular weight excluding hydrogens is 240 g/mol. The second-order valence-electron chi connectivity index (χ2n) is 5.66. The Hall–Kier alpha value is -0.940. The predicted octanol–water partition coefficient (Wildman–Crippen LogP) is 2.16. The van der Waals surface area contributed by atoms with Gasteiger partial charge in [0.1, 0.15) is 0 Å². The van der Waals surface area contributed by atoms with Crippen molar-refractivity contribution in [1.29, 1.82) is 0 Å². The first-order valence-electron chi connectivity index (χ1n) is 7.48. The molecule has 1 aliphatic heterocycles. The lowest BCUT2D eigenvalue weighted by molar-refractivity contribution is 0.149. The van der Waals surface area contributed by atoms with Gasteiger partial charge in [0.15, 0.2) is 5.82 Å². The normalized spacial score (nSPS) is 17.5. The maximum absolute atomic E-state index is 5.29. The highest BCUT2D eigenvalue weighted by atomic mass is 16.5. The van der Waals surface area contributed by atoms with Crippen LogP contribution in [0.4, 0.5) is 0 Å². The summed E-state index contributed by atoms with van der Waals surface area (Å²) in [6.45, 7) is 10.5. The predicted molar refractivity (Wildman–Crippen MR) is 75.0 cm³/mol. The molecule has 19 heavy (non-hydrogen) atoms. The molecule has 108 valence electrons. The van der Waals surface area contributed by atoms with Crippen LogP contribution in [-0.2, 0) is 6.54 Å². The summed E-state index contributed by atoms with van der Waals surface area (Å²) in [5, 5.41) is 7.53. The number of hydrogen-bond donors (Lipinski definition) is 1. The van der Waals surface area contributed by atoms with E-state index in [0.29, 0.717) is 12.0 Å². The molecule has 0 atom stereocenters. The first kappa shape index (κ1) is 14.5. The molecule has 1 fully saturated rings. The molecule has 0 spiro atoms. The molecule has 0 unspecified atom stereocenters. The van der Waals surface area contributed by atoms with E-state index in [1.54, 1.807) is 0 Å². The van der Waals surface area contributed by atoms with Crippen molar-refractivity contribution in [3.05, 3.63) is 11.7 Å². The summed E-state index contributed by atoms with van der Waals surface area (Å²) in [5.41, 5.74) is 0. The maximum Gasteiger partial charge on any atom is 0.229 e. The van der Waals surface area contributed by atoms with Crippen LogP contribution < -0.4 is 5.32 Å². The lowest BCUT2D eigenvalue weighted by Crippen LogP contribution is -2.43. The van der Waals surface area contributed by atoms with Gasteiger partial charge in [0, 0.05) is 12.0 Å². The number of rotatable bonds is 6. The number of piperidine rings is 1. The topological polar surface area (TPSA) is 54.2 Å². The molecular formula is C14H26N4O. The van der Waals surface area contributed by atoms with E-state index in [9.17, 15) is 0 Å². The molecule has 0 radical (unpaired) electrons. The Labute approximate surface area is 115 Å². The van der Waals surface area contributed by atoms with Crippen LogP contribution in [0.3, 0.4) is 0 Å². The molecule has 1 aliphatic rings. The zero-order valence-corrected chi connectivity index (χ0v) is 12.4. The van der Waals surface area contributed by atoms with Crippen molar-refractivity contribution in [1.82, 2.24) is 20.4 Å². The van der Waals surface area contributed by atoms with Gasteiger partial charge in [0.05, 0.1) is 6.54 Å². The summed E-state index contributed by atoms with van der Waals surface area (Å²) < 4.78 is 5.29. The Morgan fingerprint density at radius 1 is 1.37 bits per heavy atom. The average molecular weight is 266 g/mol. The first-order chi connectivity index (χ1) is 9.20. The van der Waals surface area contributed by atoms with Crippen LogP contribution in [0.25, 0.3) is 0 Å². The lowest BCUT2D eigenvalue weighted by atomic mass is 10.0. The fourth-order valence-corrected chi connectivity index (χ4v) is 2.60. The Balaban J connectivity index is 1.98. The van der Waals surface area contributed by atoms with Gasteiger partial charge in [-0.2, -0.15) is 4.98 Å². The van der Waals surface area contributed by atoms with Gasteiger partial charge in [0.25, 0.3) is 0 Å². The van der Waals surface area contributed by atoms with Crippen LogP contribution in [0.15, 0.2) is 4.52 Å². The molecule has 0 bridgehead atoms. The summed E-state index contributed by atoms with van der Waals surface area (Å²) in [7, 11) is 0. The highest BCUT2D eigenvalue weighted by Gasteiger charge is 2.22. The number of nitrogens with one attached hydrogen (secondary N) is 1. The maximum atomic E-state index is 5.29. The van der Waals surface area contributed by atoms with Crippen LogP contribution in [0.1, 0.15) is 57.7 Å². The Kier molecular flexibility index (Phi) is 5.34. The lowest BCUT2D eigenvalue weighted by Gasteiger charge is -2.33. The molecule has 0 saturated carbocycles. The van der Waals surface area contributed by atoms with Crippen LogP contribution in [0.5, 0.6) is 0 Å². The Morgan fingerprint density at radius 2 is 2.11 bits per heavy atom. The minimum Gasteiger partial charge on any atom is -0.339 e. The molecule has 0 amide bonds. The van der Waals surface area contributed by atoms with Crippen molar-refractivity contribution in [3.8, 4) is 0 Å². The molecule has 1 aromatic heterocycles. The second kappa shape index (κ2) is 7.01. The molecule has 0 aliphatic carbocycles. The highest BCUT2D eigenvalue weighted by molar-refractivity contribution is 4.92. The molecule has 5 nitrogen and oxygen atoms in total. The molecule has 1 aromatic rings. The fourth-order valence-electron chi connectivity index (χ4n) is 2.60. The largest absolute Gasteiger partial charge is 0.339 e. The Bertz CT molecular complexity index is 371. The standard InChI is InChI=1S/C14H26N4O/c1-4-9-18(12-5-7-15-8-6-12)10-13-16-14(11(2)3)19-17-13/h11-12,15H,4-10H2,1-3H3. The molecule has 5 heteroatoms. The third-order valence-electron chi connectivity index (χ3n) is 3.66. The van der Waals surface area contributed by atoms with Crippen LogP contribution >= 0.6 is 0 Å². The van der Waals surface area contributed by atoms with Crippen molar-refractivity contribution in [2.45, 2.75) is 58.5 Å². The van der Waals surface area contributed by atoms with E-state index in [1.807, 2.05) is 0 Å². The second-order valence-corrected chi connectivity index (χ2v) is 5.66. The van der Waals surface area contributed by atoms with Crippen LogP contribution in [-0.4, -0.2) is 40.7 Å². The minimum atomic E-state index is 0.305. The average Bonchev–Trinajstić information content (AvgIpc) is 2.88.